The van der Waals surface area contributed by atoms with E-state index < -0.39 is 0 Å². The van der Waals surface area contributed by atoms with Crippen LogP contribution in [0.5, 0.6) is 0 Å². The van der Waals surface area contributed by atoms with Gasteiger partial charge in [-0.25, -0.2) is 0 Å². The van der Waals surface area contributed by atoms with Gasteiger partial charge in [0.15, 0.2) is 0 Å². The highest BCUT2D eigenvalue weighted by Crippen LogP contribution is 2.15. The van der Waals surface area contributed by atoms with Gasteiger partial charge in [0, 0.05) is 12.2 Å². The molecule has 0 fully saturated rings. The van der Waals surface area contributed by atoms with E-state index in [2.05, 4.69) is 26.8 Å². The molecule has 0 atom stereocenters. The fraction of sp³-hybridized carbons (Fsp3) is 0.833. The van der Waals surface area contributed by atoms with Gasteiger partial charge >= 0.3 is 7.12 Å². The van der Waals surface area contributed by atoms with E-state index >= 15 is 0 Å². The van der Waals surface area contributed by atoms with E-state index in [1.165, 1.54) is 0 Å². The zero-order valence-electron chi connectivity index (χ0n) is 11.2. The van der Waals surface area contributed by atoms with E-state index in [9.17, 15) is 0 Å². The Kier molecular flexibility index (Phi) is 6.22. The molecule has 0 spiro atoms. The van der Waals surface area contributed by atoms with Crippen molar-refractivity contribution in [3.8, 4) is 0 Å². The van der Waals surface area contributed by atoms with Crippen molar-refractivity contribution in [2.45, 2.75) is 60.7 Å². The molecule has 0 aromatic heterocycles. The molecule has 2 nitrogen and oxygen atoms in total. The summed E-state index contributed by atoms with van der Waals surface area (Å²) in [6.45, 7) is 14.5. The second kappa shape index (κ2) is 6.34. The third-order valence-electron chi connectivity index (χ3n) is 1.57. The Hall–Kier alpha value is -0.275. The minimum absolute atomic E-state index is 0.166. The van der Waals surface area contributed by atoms with E-state index in [-0.39, 0.29) is 24.7 Å². The topological polar surface area (TPSA) is 18.5 Å². The van der Waals surface area contributed by atoms with Crippen LogP contribution in [0.2, 0.25) is 0 Å². The summed E-state index contributed by atoms with van der Waals surface area (Å²) >= 11 is 0. The van der Waals surface area contributed by atoms with Crippen LogP contribution in [0, 0.1) is 5.41 Å². The third-order valence-corrected chi connectivity index (χ3v) is 1.57. The number of allylic oxidation sites excluding steroid dienone is 1. The monoisotopic (exact) mass is 212 g/mol. The summed E-state index contributed by atoms with van der Waals surface area (Å²) in [6, 6.07) is 0. The third kappa shape index (κ3) is 10.0. The summed E-state index contributed by atoms with van der Waals surface area (Å²) in [7, 11) is -0.232. The van der Waals surface area contributed by atoms with Gasteiger partial charge in [0.2, 0.25) is 0 Å². The molecule has 3 heteroatoms. The fourth-order valence-corrected chi connectivity index (χ4v) is 1.03. The molecule has 0 aliphatic carbocycles. The Morgan fingerprint density at radius 3 is 1.60 bits per heavy atom. The maximum absolute atomic E-state index is 5.65. The van der Waals surface area contributed by atoms with Gasteiger partial charge < -0.3 is 9.31 Å². The van der Waals surface area contributed by atoms with Crippen molar-refractivity contribution in [2.75, 3.05) is 0 Å². The van der Waals surface area contributed by atoms with Gasteiger partial charge in [0.05, 0.1) is 0 Å². The fourth-order valence-electron chi connectivity index (χ4n) is 1.03. The first kappa shape index (κ1) is 14.7. The lowest BCUT2D eigenvalue weighted by molar-refractivity contribution is 0.138. The van der Waals surface area contributed by atoms with E-state index in [1.807, 2.05) is 33.7 Å². The molecule has 0 N–H and O–H groups in total. The lowest BCUT2D eigenvalue weighted by atomic mass is 9.83. The Morgan fingerprint density at radius 2 is 1.33 bits per heavy atom. The quantitative estimate of drug-likeness (QED) is 0.649. The highest BCUT2D eigenvalue weighted by Gasteiger charge is 2.18. The summed E-state index contributed by atoms with van der Waals surface area (Å²) in [5.41, 5.74) is 0.166. The Morgan fingerprint density at radius 1 is 0.933 bits per heavy atom. The normalized spacial score (nSPS) is 13.1. The first-order valence-corrected chi connectivity index (χ1v) is 5.71. The SMILES string of the molecule is CC(C)OB(/C=C\C(C)(C)C)OC(C)C. The highest BCUT2D eigenvalue weighted by molar-refractivity contribution is 6.50. The highest BCUT2D eigenvalue weighted by atomic mass is 16.6. The summed E-state index contributed by atoms with van der Waals surface area (Å²) in [5.74, 6) is 2.00. The van der Waals surface area contributed by atoms with Gasteiger partial charge in [-0.1, -0.05) is 32.8 Å². The van der Waals surface area contributed by atoms with Crippen molar-refractivity contribution in [3.05, 3.63) is 12.1 Å². The van der Waals surface area contributed by atoms with Crippen LogP contribution >= 0.6 is 0 Å². The summed E-state index contributed by atoms with van der Waals surface area (Å²) in [4.78, 5) is 0. The molecular weight excluding hydrogens is 187 g/mol. The van der Waals surface area contributed by atoms with Crippen molar-refractivity contribution >= 4 is 7.12 Å². The molecule has 0 bridgehead atoms. The maximum Gasteiger partial charge on any atom is 0.486 e. The van der Waals surface area contributed by atoms with Crippen molar-refractivity contribution in [2.24, 2.45) is 5.41 Å². The molecule has 88 valence electrons. The summed E-state index contributed by atoms with van der Waals surface area (Å²) in [6.07, 6.45) is 2.49. The molecule has 0 unspecified atom stereocenters. The molecule has 0 aromatic carbocycles. The van der Waals surface area contributed by atoms with Crippen LogP contribution in [0.15, 0.2) is 12.1 Å². The number of hydrogen-bond acceptors (Lipinski definition) is 2. The molecule has 0 rings (SSSR count). The number of hydrogen-bond donors (Lipinski definition) is 0. The molecule has 0 radical (unpaired) electrons. The molecule has 15 heavy (non-hydrogen) atoms. The van der Waals surface area contributed by atoms with E-state index in [0.717, 1.165) is 0 Å². The number of rotatable bonds is 5. The van der Waals surface area contributed by atoms with Crippen LogP contribution in [0.3, 0.4) is 0 Å². The van der Waals surface area contributed by atoms with E-state index in [4.69, 9.17) is 9.31 Å². The van der Waals surface area contributed by atoms with E-state index in [1.54, 1.807) is 0 Å². The lowest BCUT2D eigenvalue weighted by Crippen LogP contribution is -2.28. The van der Waals surface area contributed by atoms with Crippen LogP contribution in [-0.2, 0) is 9.31 Å². The van der Waals surface area contributed by atoms with Gasteiger partial charge in [-0.15, -0.1) is 0 Å². The van der Waals surface area contributed by atoms with Crippen LogP contribution in [-0.4, -0.2) is 19.3 Å². The summed E-state index contributed by atoms with van der Waals surface area (Å²) < 4.78 is 11.3. The Bertz CT molecular complexity index is 182. The molecule has 0 aromatic rings. The average molecular weight is 212 g/mol. The smallest absolute Gasteiger partial charge is 0.405 e. The van der Waals surface area contributed by atoms with Crippen LogP contribution in [0.1, 0.15) is 48.5 Å². The molecular formula is C12H25BO2. The first-order valence-electron chi connectivity index (χ1n) is 5.71. The van der Waals surface area contributed by atoms with Crippen molar-refractivity contribution in [3.63, 3.8) is 0 Å². The van der Waals surface area contributed by atoms with Crippen molar-refractivity contribution < 1.29 is 9.31 Å². The molecule has 0 aliphatic heterocycles. The minimum Gasteiger partial charge on any atom is -0.405 e. The standard InChI is InChI=1S/C12H25BO2/c1-10(2)14-13(15-11(3)4)9-8-12(5,6)7/h8-11H,1-7H3/b9-8-. The minimum atomic E-state index is -0.232. The maximum atomic E-state index is 5.65. The van der Waals surface area contributed by atoms with Gasteiger partial charge in [-0.3, -0.25) is 0 Å². The Labute approximate surface area is 95.2 Å². The van der Waals surface area contributed by atoms with Gasteiger partial charge in [0.1, 0.15) is 0 Å². The summed E-state index contributed by atoms with van der Waals surface area (Å²) in [5, 5.41) is 0. The largest absolute Gasteiger partial charge is 0.486 e. The molecule has 0 saturated carbocycles. The van der Waals surface area contributed by atoms with E-state index in [0.29, 0.717) is 0 Å². The average Bonchev–Trinajstić information content (AvgIpc) is 1.96. The van der Waals surface area contributed by atoms with Gasteiger partial charge in [-0.2, -0.15) is 0 Å². The molecule has 0 saturated heterocycles. The molecule has 0 aliphatic rings. The van der Waals surface area contributed by atoms with Crippen molar-refractivity contribution in [1.29, 1.82) is 0 Å². The predicted molar refractivity (Wildman–Crippen MR) is 66.8 cm³/mol. The zero-order valence-corrected chi connectivity index (χ0v) is 11.2. The van der Waals surface area contributed by atoms with Crippen LogP contribution < -0.4 is 0 Å². The second-order valence-electron chi connectivity index (χ2n) is 5.46. The van der Waals surface area contributed by atoms with Crippen LogP contribution in [0.4, 0.5) is 0 Å². The first-order chi connectivity index (χ1) is 6.70. The second-order valence-corrected chi connectivity index (χ2v) is 5.46. The van der Waals surface area contributed by atoms with Crippen molar-refractivity contribution in [1.82, 2.24) is 0 Å². The zero-order chi connectivity index (χ0) is 12.1. The van der Waals surface area contributed by atoms with Crippen LogP contribution in [0.25, 0.3) is 0 Å². The lowest BCUT2D eigenvalue weighted by Gasteiger charge is -2.18. The van der Waals surface area contributed by atoms with Gasteiger partial charge in [0.25, 0.3) is 0 Å². The predicted octanol–water partition coefficient (Wildman–Crippen LogP) is 3.47. The molecule has 0 heterocycles. The van der Waals surface area contributed by atoms with Gasteiger partial charge in [-0.05, 0) is 33.1 Å². The Balaban J connectivity index is 4.30. The molecule has 0 amide bonds.